The number of halogens is 1. The van der Waals surface area contributed by atoms with Crippen molar-refractivity contribution in [1.82, 2.24) is 14.9 Å². The van der Waals surface area contributed by atoms with Crippen LogP contribution in [-0.4, -0.2) is 41.1 Å². The maximum atomic E-state index is 6.06. The second kappa shape index (κ2) is 8.90. The predicted molar refractivity (Wildman–Crippen MR) is 116 cm³/mol. The SMILES string of the molecule is Cc1cnc(Nc2ccc(OCCN3CCCC3)cc2)nc1-c1ccc(Cl)s1. The molecule has 7 heteroatoms. The summed E-state index contributed by atoms with van der Waals surface area (Å²) in [7, 11) is 0. The van der Waals surface area contributed by atoms with Crippen LogP contribution < -0.4 is 10.1 Å². The Morgan fingerprint density at radius 1 is 1.14 bits per heavy atom. The molecule has 1 saturated heterocycles. The van der Waals surface area contributed by atoms with Gasteiger partial charge in [0.1, 0.15) is 12.4 Å². The Morgan fingerprint density at radius 3 is 2.64 bits per heavy atom. The van der Waals surface area contributed by atoms with Gasteiger partial charge in [-0.3, -0.25) is 4.90 Å². The molecule has 1 aliphatic heterocycles. The fraction of sp³-hybridized carbons (Fsp3) is 0.333. The number of hydrogen-bond donors (Lipinski definition) is 1. The van der Waals surface area contributed by atoms with E-state index in [-0.39, 0.29) is 0 Å². The number of aromatic nitrogens is 2. The molecule has 1 aliphatic rings. The molecule has 0 bridgehead atoms. The molecule has 0 spiro atoms. The molecule has 1 aromatic carbocycles. The quantitative estimate of drug-likeness (QED) is 0.562. The number of hydrogen-bond acceptors (Lipinski definition) is 6. The van der Waals surface area contributed by atoms with Gasteiger partial charge in [-0.1, -0.05) is 11.6 Å². The van der Waals surface area contributed by atoms with Crippen molar-refractivity contribution in [2.45, 2.75) is 19.8 Å². The number of ether oxygens (including phenoxy) is 1. The maximum Gasteiger partial charge on any atom is 0.227 e. The molecule has 0 unspecified atom stereocenters. The molecule has 0 amide bonds. The van der Waals surface area contributed by atoms with Crippen molar-refractivity contribution < 1.29 is 4.74 Å². The number of aryl methyl sites for hydroxylation is 1. The van der Waals surface area contributed by atoms with E-state index < -0.39 is 0 Å². The highest BCUT2D eigenvalue weighted by atomic mass is 35.5. The third-order valence-electron chi connectivity index (χ3n) is 4.76. The van der Waals surface area contributed by atoms with E-state index in [4.69, 9.17) is 16.3 Å². The van der Waals surface area contributed by atoms with Gasteiger partial charge in [0.2, 0.25) is 5.95 Å². The van der Waals surface area contributed by atoms with Crippen molar-refractivity contribution in [3.05, 3.63) is 52.5 Å². The summed E-state index contributed by atoms with van der Waals surface area (Å²) in [5.74, 6) is 1.44. The zero-order valence-corrected chi connectivity index (χ0v) is 17.4. The van der Waals surface area contributed by atoms with Crippen molar-refractivity contribution in [2.24, 2.45) is 0 Å². The summed E-state index contributed by atoms with van der Waals surface area (Å²) < 4.78 is 6.61. The molecular weight excluding hydrogens is 392 g/mol. The monoisotopic (exact) mass is 414 g/mol. The molecule has 5 nitrogen and oxygen atoms in total. The summed E-state index contributed by atoms with van der Waals surface area (Å²) in [4.78, 5) is 12.5. The van der Waals surface area contributed by atoms with Crippen LogP contribution in [0.2, 0.25) is 4.34 Å². The number of nitrogens with zero attached hydrogens (tertiary/aromatic N) is 3. The summed E-state index contributed by atoms with van der Waals surface area (Å²) in [6.07, 6.45) is 4.44. The summed E-state index contributed by atoms with van der Waals surface area (Å²) in [5.41, 5.74) is 2.84. The van der Waals surface area contributed by atoms with Gasteiger partial charge in [0.25, 0.3) is 0 Å². The van der Waals surface area contributed by atoms with E-state index in [1.807, 2.05) is 49.5 Å². The van der Waals surface area contributed by atoms with E-state index in [0.717, 1.165) is 45.1 Å². The van der Waals surface area contributed by atoms with Crippen molar-refractivity contribution in [1.29, 1.82) is 0 Å². The molecule has 4 rings (SSSR count). The molecular formula is C21H23ClN4OS. The molecule has 146 valence electrons. The van der Waals surface area contributed by atoms with E-state index in [1.165, 1.54) is 37.3 Å². The minimum absolute atomic E-state index is 0.563. The molecule has 0 aliphatic carbocycles. The Hall–Kier alpha value is -2.15. The first-order valence-corrected chi connectivity index (χ1v) is 10.7. The number of benzene rings is 1. The Balaban J connectivity index is 1.37. The second-order valence-corrected chi connectivity index (χ2v) is 8.59. The van der Waals surface area contributed by atoms with E-state index >= 15 is 0 Å². The lowest BCUT2D eigenvalue weighted by atomic mass is 10.2. The van der Waals surface area contributed by atoms with Gasteiger partial charge in [-0.05, 0) is 74.8 Å². The minimum atomic E-state index is 0.563. The van der Waals surface area contributed by atoms with Gasteiger partial charge in [-0.15, -0.1) is 11.3 Å². The Morgan fingerprint density at radius 2 is 1.93 bits per heavy atom. The topological polar surface area (TPSA) is 50.3 Å². The van der Waals surface area contributed by atoms with Gasteiger partial charge in [0.15, 0.2) is 0 Å². The number of rotatable bonds is 7. The normalized spacial score (nSPS) is 14.4. The largest absolute Gasteiger partial charge is 0.492 e. The van der Waals surface area contributed by atoms with Gasteiger partial charge in [-0.2, -0.15) is 0 Å². The van der Waals surface area contributed by atoms with E-state index in [2.05, 4.69) is 20.2 Å². The van der Waals surface area contributed by atoms with Crippen LogP contribution in [0.5, 0.6) is 5.75 Å². The second-order valence-electron chi connectivity index (χ2n) is 6.88. The first kappa shape index (κ1) is 19.2. The lowest BCUT2D eigenvalue weighted by Crippen LogP contribution is -2.25. The van der Waals surface area contributed by atoms with Crippen LogP contribution in [-0.2, 0) is 0 Å². The molecule has 0 radical (unpaired) electrons. The van der Waals surface area contributed by atoms with Crippen LogP contribution in [0.3, 0.4) is 0 Å². The lowest BCUT2D eigenvalue weighted by Gasteiger charge is -2.15. The predicted octanol–water partition coefficient (Wildman–Crippen LogP) is 5.39. The van der Waals surface area contributed by atoms with E-state index in [1.54, 1.807) is 0 Å². The van der Waals surface area contributed by atoms with Crippen LogP contribution in [0.15, 0.2) is 42.6 Å². The lowest BCUT2D eigenvalue weighted by molar-refractivity contribution is 0.238. The van der Waals surface area contributed by atoms with Crippen molar-refractivity contribution in [2.75, 3.05) is 31.6 Å². The van der Waals surface area contributed by atoms with Gasteiger partial charge < -0.3 is 10.1 Å². The van der Waals surface area contributed by atoms with Crippen LogP contribution in [0.25, 0.3) is 10.6 Å². The Bertz CT molecular complexity index is 922. The van der Waals surface area contributed by atoms with Crippen molar-refractivity contribution in [3.8, 4) is 16.3 Å². The number of nitrogens with one attached hydrogen (secondary N) is 1. The number of thiophene rings is 1. The molecule has 1 fully saturated rings. The summed E-state index contributed by atoms with van der Waals surface area (Å²) >= 11 is 7.58. The number of likely N-dealkylation sites (tertiary alicyclic amines) is 1. The third kappa shape index (κ3) is 4.82. The summed E-state index contributed by atoms with van der Waals surface area (Å²) in [6, 6.07) is 11.8. The fourth-order valence-electron chi connectivity index (χ4n) is 3.26. The molecule has 1 N–H and O–H groups in total. The molecule has 2 aromatic heterocycles. The van der Waals surface area contributed by atoms with Gasteiger partial charge in [0.05, 0.1) is 14.9 Å². The molecule has 3 aromatic rings. The number of anilines is 2. The van der Waals surface area contributed by atoms with Gasteiger partial charge >= 0.3 is 0 Å². The first-order chi connectivity index (χ1) is 13.7. The molecule has 28 heavy (non-hydrogen) atoms. The van der Waals surface area contributed by atoms with Gasteiger partial charge in [0, 0.05) is 18.4 Å². The summed E-state index contributed by atoms with van der Waals surface area (Å²) in [5, 5.41) is 3.26. The highest BCUT2D eigenvalue weighted by Gasteiger charge is 2.11. The Labute approximate surface area is 174 Å². The minimum Gasteiger partial charge on any atom is -0.492 e. The average molecular weight is 415 g/mol. The van der Waals surface area contributed by atoms with Crippen LogP contribution >= 0.6 is 22.9 Å². The Kier molecular flexibility index (Phi) is 6.10. The van der Waals surface area contributed by atoms with Gasteiger partial charge in [-0.25, -0.2) is 9.97 Å². The smallest absolute Gasteiger partial charge is 0.227 e. The average Bonchev–Trinajstić information content (AvgIpc) is 3.36. The zero-order valence-electron chi connectivity index (χ0n) is 15.8. The van der Waals surface area contributed by atoms with Crippen LogP contribution in [0, 0.1) is 6.92 Å². The molecule has 3 heterocycles. The summed E-state index contributed by atoms with van der Waals surface area (Å²) in [6.45, 7) is 6.11. The van der Waals surface area contributed by atoms with Crippen molar-refractivity contribution in [3.63, 3.8) is 0 Å². The molecule has 0 atom stereocenters. The third-order valence-corrected chi connectivity index (χ3v) is 6.00. The fourth-order valence-corrected chi connectivity index (χ4v) is 4.35. The maximum absolute atomic E-state index is 6.06. The standard InChI is InChI=1S/C21H23ClN4OS/c1-15-14-23-21(25-20(15)18-8-9-19(22)28-18)24-16-4-6-17(7-5-16)27-13-12-26-10-2-3-11-26/h4-9,14H,2-3,10-13H2,1H3,(H,23,24,25). The van der Waals surface area contributed by atoms with Crippen molar-refractivity contribution >= 4 is 34.6 Å². The van der Waals surface area contributed by atoms with E-state index in [0.29, 0.717) is 5.95 Å². The van der Waals surface area contributed by atoms with Crippen LogP contribution in [0.4, 0.5) is 11.6 Å². The highest BCUT2D eigenvalue weighted by Crippen LogP contribution is 2.32. The zero-order chi connectivity index (χ0) is 19.3. The van der Waals surface area contributed by atoms with Crippen LogP contribution in [0.1, 0.15) is 18.4 Å². The van der Waals surface area contributed by atoms with E-state index in [9.17, 15) is 0 Å². The highest BCUT2D eigenvalue weighted by molar-refractivity contribution is 7.19. The first-order valence-electron chi connectivity index (χ1n) is 9.49. The molecule has 0 saturated carbocycles.